The molecule has 0 aliphatic rings. The number of hydrogen-bond acceptors (Lipinski definition) is 2. The minimum Gasteiger partial charge on any atom is -0.351 e. The fourth-order valence-electron chi connectivity index (χ4n) is 1.98. The van der Waals surface area contributed by atoms with E-state index in [1.54, 1.807) is 0 Å². The van der Waals surface area contributed by atoms with Gasteiger partial charge in [0, 0.05) is 22.1 Å². The predicted molar refractivity (Wildman–Crippen MR) is 93.9 cm³/mol. The van der Waals surface area contributed by atoms with Crippen LogP contribution in [0.4, 0.5) is 0 Å². The molecule has 116 valence electrons. The van der Waals surface area contributed by atoms with E-state index in [1.165, 1.54) is 0 Å². The van der Waals surface area contributed by atoms with E-state index in [1.807, 2.05) is 55.5 Å². The molecule has 0 fully saturated rings. The maximum Gasteiger partial charge on any atom is 0.234 e. The topological polar surface area (TPSA) is 41.1 Å². The Balaban J connectivity index is 1.75. The van der Waals surface area contributed by atoms with E-state index in [9.17, 15) is 4.79 Å². The van der Waals surface area contributed by atoms with Crippen LogP contribution in [0.25, 0.3) is 0 Å². The Morgan fingerprint density at radius 2 is 1.77 bits per heavy atom. The minimum absolute atomic E-state index is 0.0288. The summed E-state index contributed by atoms with van der Waals surface area (Å²) in [6, 6.07) is 15.6. The normalized spacial score (nSPS) is 12.0. The Hall–Kier alpha value is -1.36. The molecule has 2 aromatic carbocycles. The van der Waals surface area contributed by atoms with Gasteiger partial charge in [0.15, 0.2) is 0 Å². The van der Waals surface area contributed by atoms with Crippen LogP contribution >= 0.6 is 27.5 Å². The summed E-state index contributed by atoms with van der Waals surface area (Å²) in [6.45, 7) is 2.82. The smallest absolute Gasteiger partial charge is 0.234 e. The molecular formula is C17H18BrClN2O. The van der Waals surface area contributed by atoms with Crippen LogP contribution in [-0.4, -0.2) is 12.5 Å². The van der Waals surface area contributed by atoms with E-state index in [-0.39, 0.29) is 18.5 Å². The summed E-state index contributed by atoms with van der Waals surface area (Å²) in [5, 5.41) is 6.79. The quantitative estimate of drug-likeness (QED) is 0.792. The van der Waals surface area contributed by atoms with Crippen LogP contribution in [-0.2, 0) is 11.3 Å². The lowest BCUT2D eigenvalue weighted by Gasteiger charge is -2.14. The van der Waals surface area contributed by atoms with Crippen molar-refractivity contribution in [1.29, 1.82) is 0 Å². The third-order valence-corrected chi connectivity index (χ3v) is 4.12. The first kappa shape index (κ1) is 17.0. The Labute approximate surface area is 144 Å². The van der Waals surface area contributed by atoms with Crippen LogP contribution in [0.3, 0.4) is 0 Å². The lowest BCUT2D eigenvalue weighted by molar-refractivity contribution is -0.120. The molecule has 5 heteroatoms. The van der Waals surface area contributed by atoms with Gasteiger partial charge in [-0.15, -0.1) is 0 Å². The van der Waals surface area contributed by atoms with E-state index < -0.39 is 0 Å². The molecule has 0 unspecified atom stereocenters. The van der Waals surface area contributed by atoms with E-state index in [0.717, 1.165) is 15.6 Å². The van der Waals surface area contributed by atoms with Gasteiger partial charge >= 0.3 is 0 Å². The van der Waals surface area contributed by atoms with Crippen molar-refractivity contribution in [3.63, 3.8) is 0 Å². The predicted octanol–water partition coefficient (Wildman–Crippen LogP) is 4.07. The van der Waals surface area contributed by atoms with Gasteiger partial charge in [-0.25, -0.2) is 0 Å². The van der Waals surface area contributed by atoms with E-state index in [2.05, 4.69) is 26.6 Å². The summed E-state index contributed by atoms with van der Waals surface area (Å²) in [5.74, 6) is -0.0288. The van der Waals surface area contributed by atoms with Gasteiger partial charge in [0.25, 0.3) is 0 Å². The Morgan fingerprint density at radius 1 is 1.14 bits per heavy atom. The van der Waals surface area contributed by atoms with Gasteiger partial charge in [-0.3, -0.25) is 4.79 Å². The second kappa shape index (κ2) is 8.32. The number of halogens is 2. The Bertz CT molecular complexity index is 614. The molecule has 0 saturated heterocycles. The lowest BCUT2D eigenvalue weighted by atomic mass is 10.1. The fourth-order valence-corrected chi connectivity index (χ4v) is 2.37. The highest BCUT2D eigenvalue weighted by atomic mass is 79.9. The van der Waals surface area contributed by atoms with E-state index in [4.69, 9.17) is 11.6 Å². The highest BCUT2D eigenvalue weighted by Crippen LogP contribution is 2.16. The number of hydrogen-bond donors (Lipinski definition) is 2. The fraction of sp³-hybridized carbons (Fsp3) is 0.235. The van der Waals surface area contributed by atoms with Gasteiger partial charge in [0.2, 0.25) is 5.91 Å². The van der Waals surface area contributed by atoms with Gasteiger partial charge in [0.1, 0.15) is 0 Å². The van der Waals surface area contributed by atoms with Crippen molar-refractivity contribution in [3.05, 3.63) is 69.2 Å². The van der Waals surface area contributed by atoms with Crippen LogP contribution in [0.5, 0.6) is 0 Å². The highest BCUT2D eigenvalue weighted by molar-refractivity contribution is 9.10. The number of rotatable bonds is 6. The minimum atomic E-state index is -0.0288. The largest absolute Gasteiger partial charge is 0.351 e. The van der Waals surface area contributed by atoms with Crippen molar-refractivity contribution < 1.29 is 4.79 Å². The van der Waals surface area contributed by atoms with Crippen LogP contribution in [0.2, 0.25) is 5.02 Å². The van der Waals surface area contributed by atoms with Crippen LogP contribution in [0.1, 0.15) is 24.1 Å². The summed E-state index contributed by atoms with van der Waals surface area (Å²) in [4.78, 5) is 11.9. The van der Waals surface area contributed by atoms with Crippen molar-refractivity contribution in [1.82, 2.24) is 10.6 Å². The van der Waals surface area contributed by atoms with Gasteiger partial charge in [-0.1, -0.05) is 51.8 Å². The molecule has 1 amide bonds. The molecule has 0 heterocycles. The average molecular weight is 382 g/mol. The van der Waals surface area contributed by atoms with Crippen molar-refractivity contribution in [2.75, 3.05) is 6.54 Å². The maximum absolute atomic E-state index is 11.9. The summed E-state index contributed by atoms with van der Waals surface area (Å²) < 4.78 is 1.05. The van der Waals surface area contributed by atoms with Crippen LogP contribution in [0.15, 0.2) is 53.0 Å². The number of carbonyl (C=O) groups is 1. The number of benzene rings is 2. The third-order valence-electron chi connectivity index (χ3n) is 3.34. The summed E-state index contributed by atoms with van der Waals surface area (Å²) in [6.07, 6.45) is 0. The SMILES string of the molecule is C[C@@H](NCC(=O)NCc1ccc(Cl)cc1)c1ccc(Br)cc1. The molecule has 2 N–H and O–H groups in total. The molecule has 2 aromatic rings. The van der Waals surface area contributed by atoms with Gasteiger partial charge < -0.3 is 10.6 Å². The molecular weight excluding hydrogens is 364 g/mol. The third kappa shape index (κ3) is 5.44. The zero-order valence-electron chi connectivity index (χ0n) is 12.3. The molecule has 0 aromatic heterocycles. The van der Waals surface area contributed by atoms with E-state index in [0.29, 0.717) is 11.6 Å². The molecule has 0 saturated carbocycles. The first-order valence-electron chi connectivity index (χ1n) is 7.04. The molecule has 1 atom stereocenters. The molecule has 22 heavy (non-hydrogen) atoms. The summed E-state index contributed by atoms with van der Waals surface area (Å²) in [5.41, 5.74) is 2.17. The zero-order chi connectivity index (χ0) is 15.9. The average Bonchev–Trinajstić information content (AvgIpc) is 2.52. The Kier molecular flexibility index (Phi) is 6.43. The van der Waals surface area contributed by atoms with Crippen molar-refractivity contribution in [3.8, 4) is 0 Å². The standard InChI is InChI=1S/C17H18BrClN2O/c1-12(14-4-6-15(18)7-5-14)20-11-17(22)21-10-13-2-8-16(19)9-3-13/h2-9,12,20H,10-11H2,1H3,(H,21,22)/t12-/m1/s1. The number of amides is 1. The van der Waals surface area contributed by atoms with Gasteiger partial charge in [-0.05, 0) is 42.3 Å². The van der Waals surface area contributed by atoms with E-state index >= 15 is 0 Å². The summed E-state index contributed by atoms with van der Waals surface area (Å²) in [7, 11) is 0. The maximum atomic E-state index is 11.9. The molecule has 0 bridgehead atoms. The first-order chi connectivity index (χ1) is 10.5. The van der Waals surface area contributed by atoms with Crippen molar-refractivity contribution in [2.24, 2.45) is 0 Å². The first-order valence-corrected chi connectivity index (χ1v) is 8.21. The van der Waals surface area contributed by atoms with Gasteiger partial charge in [0.05, 0.1) is 6.54 Å². The van der Waals surface area contributed by atoms with Crippen molar-refractivity contribution in [2.45, 2.75) is 19.5 Å². The molecule has 2 rings (SSSR count). The zero-order valence-corrected chi connectivity index (χ0v) is 14.6. The molecule has 0 aliphatic heterocycles. The van der Waals surface area contributed by atoms with Crippen molar-refractivity contribution >= 4 is 33.4 Å². The van der Waals surface area contributed by atoms with Crippen LogP contribution in [0, 0.1) is 0 Å². The van der Waals surface area contributed by atoms with Gasteiger partial charge in [-0.2, -0.15) is 0 Å². The second-order valence-electron chi connectivity index (χ2n) is 5.06. The number of nitrogens with one attached hydrogen (secondary N) is 2. The molecule has 0 radical (unpaired) electrons. The highest BCUT2D eigenvalue weighted by Gasteiger charge is 2.07. The number of carbonyl (C=O) groups excluding carboxylic acids is 1. The molecule has 0 aliphatic carbocycles. The summed E-state index contributed by atoms with van der Waals surface area (Å²) >= 11 is 9.24. The molecule has 0 spiro atoms. The molecule has 3 nitrogen and oxygen atoms in total. The lowest BCUT2D eigenvalue weighted by Crippen LogP contribution is -2.34. The monoisotopic (exact) mass is 380 g/mol. The second-order valence-corrected chi connectivity index (χ2v) is 6.41. The van der Waals surface area contributed by atoms with Crippen LogP contribution < -0.4 is 10.6 Å². The Morgan fingerprint density at radius 3 is 2.41 bits per heavy atom.